The molecule has 0 aromatic carbocycles. The van der Waals surface area contributed by atoms with Crippen molar-refractivity contribution in [2.24, 2.45) is 0 Å². The van der Waals surface area contributed by atoms with Crippen molar-refractivity contribution >= 4 is 16.7 Å². The molecule has 0 atom stereocenters. The summed E-state index contributed by atoms with van der Waals surface area (Å²) in [5.74, 6) is 0.749. The highest BCUT2D eigenvalue weighted by Crippen LogP contribution is 2.27. The second kappa shape index (κ2) is 2.41. The summed E-state index contributed by atoms with van der Waals surface area (Å²) in [6, 6.07) is 1.78. The van der Waals surface area contributed by atoms with Crippen LogP contribution in [0.3, 0.4) is 0 Å². The van der Waals surface area contributed by atoms with E-state index in [4.69, 9.17) is 10.5 Å². The predicted molar refractivity (Wildman–Crippen MR) is 47.1 cm³/mol. The molecule has 2 heterocycles. The Kier molecular flexibility index (Phi) is 1.40. The standard InChI is InChI=1S/C8H9N3O/c1-12-6-2-3-10-8-7(6)5(9)4-11-8/h2-4H,9H2,1H3,(H,10,11). The van der Waals surface area contributed by atoms with E-state index in [1.807, 2.05) is 0 Å². The Morgan fingerprint density at radius 1 is 1.58 bits per heavy atom. The molecular formula is C8H9N3O. The Morgan fingerprint density at radius 2 is 2.42 bits per heavy atom. The molecule has 0 saturated heterocycles. The van der Waals surface area contributed by atoms with Gasteiger partial charge in [0.15, 0.2) is 0 Å². The summed E-state index contributed by atoms with van der Waals surface area (Å²) in [4.78, 5) is 7.04. The van der Waals surface area contributed by atoms with Gasteiger partial charge in [-0.3, -0.25) is 0 Å². The number of nitrogens with zero attached hydrogens (tertiary/aromatic N) is 1. The molecule has 0 saturated carbocycles. The molecule has 12 heavy (non-hydrogen) atoms. The first-order valence-electron chi connectivity index (χ1n) is 3.58. The zero-order valence-electron chi connectivity index (χ0n) is 6.66. The van der Waals surface area contributed by atoms with Gasteiger partial charge in [-0.15, -0.1) is 0 Å². The average molecular weight is 163 g/mol. The fourth-order valence-corrected chi connectivity index (χ4v) is 1.22. The lowest BCUT2D eigenvalue weighted by Gasteiger charge is -2.00. The summed E-state index contributed by atoms with van der Waals surface area (Å²) in [5, 5.41) is 0.847. The molecule has 0 aliphatic heterocycles. The summed E-state index contributed by atoms with van der Waals surface area (Å²) >= 11 is 0. The second-order valence-electron chi connectivity index (χ2n) is 2.48. The maximum atomic E-state index is 5.70. The van der Waals surface area contributed by atoms with E-state index in [9.17, 15) is 0 Å². The third-order valence-corrected chi connectivity index (χ3v) is 1.79. The van der Waals surface area contributed by atoms with E-state index in [1.54, 1.807) is 25.6 Å². The topological polar surface area (TPSA) is 63.9 Å². The van der Waals surface area contributed by atoms with Crippen LogP contribution < -0.4 is 10.5 Å². The van der Waals surface area contributed by atoms with Gasteiger partial charge in [0.1, 0.15) is 11.4 Å². The van der Waals surface area contributed by atoms with Gasteiger partial charge in [-0.25, -0.2) is 4.98 Å². The summed E-state index contributed by atoms with van der Waals surface area (Å²) in [5.41, 5.74) is 7.12. The minimum Gasteiger partial charge on any atom is -0.496 e. The van der Waals surface area contributed by atoms with Crippen molar-refractivity contribution in [1.82, 2.24) is 9.97 Å². The summed E-state index contributed by atoms with van der Waals surface area (Å²) in [7, 11) is 1.61. The van der Waals surface area contributed by atoms with Crippen LogP contribution in [0.15, 0.2) is 18.5 Å². The van der Waals surface area contributed by atoms with Crippen molar-refractivity contribution in [3.8, 4) is 5.75 Å². The fraction of sp³-hybridized carbons (Fsp3) is 0.125. The SMILES string of the molecule is COc1ccnc2[nH]cc(N)c12. The lowest BCUT2D eigenvalue weighted by Crippen LogP contribution is -1.87. The van der Waals surface area contributed by atoms with E-state index < -0.39 is 0 Å². The molecule has 0 spiro atoms. The number of methoxy groups -OCH3 is 1. The van der Waals surface area contributed by atoms with Crippen molar-refractivity contribution in [3.63, 3.8) is 0 Å². The first kappa shape index (κ1) is 6.97. The molecule has 0 aliphatic carbocycles. The van der Waals surface area contributed by atoms with Gasteiger partial charge >= 0.3 is 0 Å². The number of nitrogens with one attached hydrogen (secondary N) is 1. The summed E-state index contributed by atoms with van der Waals surface area (Å²) in [6.07, 6.45) is 3.39. The molecular weight excluding hydrogens is 154 g/mol. The van der Waals surface area contributed by atoms with Gasteiger partial charge in [0.05, 0.1) is 18.2 Å². The number of nitrogen functional groups attached to an aromatic ring is 1. The molecule has 2 aromatic rings. The summed E-state index contributed by atoms with van der Waals surface area (Å²) < 4.78 is 5.13. The molecule has 0 aliphatic rings. The second-order valence-corrected chi connectivity index (χ2v) is 2.48. The maximum absolute atomic E-state index is 5.70. The van der Waals surface area contributed by atoms with E-state index in [-0.39, 0.29) is 0 Å². The number of aromatic nitrogens is 2. The molecule has 0 bridgehead atoms. The van der Waals surface area contributed by atoms with Crippen LogP contribution in [0.4, 0.5) is 5.69 Å². The number of aromatic amines is 1. The van der Waals surface area contributed by atoms with Crippen LogP contribution in [0.2, 0.25) is 0 Å². The quantitative estimate of drug-likeness (QED) is 0.662. The summed E-state index contributed by atoms with van der Waals surface area (Å²) in [6.45, 7) is 0. The molecule has 0 fully saturated rings. The van der Waals surface area contributed by atoms with E-state index in [0.717, 1.165) is 16.8 Å². The number of hydrogen-bond donors (Lipinski definition) is 2. The normalized spacial score (nSPS) is 10.4. The Morgan fingerprint density at radius 3 is 3.17 bits per heavy atom. The van der Waals surface area contributed by atoms with Gasteiger partial charge in [0.2, 0.25) is 0 Å². The Bertz CT molecular complexity index is 408. The van der Waals surface area contributed by atoms with Crippen molar-refractivity contribution in [2.45, 2.75) is 0 Å². The van der Waals surface area contributed by atoms with Gasteiger partial charge in [0, 0.05) is 12.4 Å². The van der Waals surface area contributed by atoms with Crippen molar-refractivity contribution in [2.75, 3.05) is 12.8 Å². The monoisotopic (exact) mass is 163 g/mol. The molecule has 2 rings (SSSR count). The minimum absolute atomic E-state index is 0.662. The van der Waals surface area contributed by atoms with Crippen LogP contribution in [0.1, 0.15) is 0 Å². The van der Waals surface area contributed by atoms with E-state index in [2.05, 4.69) is 9.97 Å². The third-order valence-electron chi connectivity index (χ3n) is 1.79. The number of nitrogens with two attached hydrogens (primary N) is 1. The van der Waals surface area contributed by atoms with Crippen LogP contribution in [0, 0.1) is 0 Å². The highest BCUT2D eigenvalue weighted by atomic mass is 16.5. The molecule has 4 heteroatoms. The Balaban J connectivity index is 2.84. The van der Waals surface area contributed by atoms with Gasteiger partial charge in [-0.2, -0.15) is 0 Å². The number of anilines is 1. The maximum Gasteiger partial charge on any atom is 0.143 e. The third kappa shape index (κ3) is 0.812. The van der Waals surface area contributed by atoms with Crippen LogP contribution >= 0.6 is 0 Å². The largest absolute Gasteiger partial charge is 0.496 e. The Labute approximate surface area is 69.4 Å². The fourth-order valence-electron chi connectivity index (χ4n) is 1.22. The van der Waals surface area contributed by atoms with Gasteiger partial charge in [-0.05, 0) is 6.07 Å². The lowest BCUT2D eigenvalue weighted by atomic mass is 10.3. The highest BCUT2D eigenvalue weighted by molar-refractivity contribution is 5.93. The smallest absolute Gasteiger partial charge is 0.143 e. The van der Waals surface area contributed by atoms with Gasteiger partial charge < -0.3 is 15.5 Å². The van der Waals surface area contributed by atoms with Crippen molar-refractivity contribution < 1.29 is 4.74 Å². The first-order valence-corrected chi connectivity index (χ1v) is 3.58. The van der Waals surface area contributed by atoms with Crippen LogP contribution in [0.25, 0.3) is 11.0 Å². The van der Waals surface area contributed by atoms with E-state index >= 15 is 0 Å². The number of ether oxygens (including phenoxy) is 1. The Hall–Kier alpha value is -1.71. The van der Waals surface area contributed by atoms with E-state index in [0.29, 0.717) is 5.69 Å². The number of pyridine rings is 1. The van der Waals surface area contributed by atoms with Gasteiger partial charge in [0.25, 0.3) is 0 Å². The molecule has 0 radical (unpaired) electrons. The molecule has 4 nitrogen and oxygen atoms in total. The number of fused-ring (bicyclic) bond motifs is 1. The molecule has 62 valence electrons. The first-order chi connectivity index (χ1) is 5.83. The zero-order valence-corrected chi connectivity index (χ0v) is 6.66. The van der Waals surface area contributed by atoms with Crippen LogP contribution in [-0.2, 0) is 0 Å². The van der Waals surface area contributed by atoms with E-state index in [1.165, 1.54) is 0 Å². The molecule has 0 amide bonds. The number of H-pyrrole nitrogens is 1. The number of rotatable bonds is 1. The molecule has 3 N–H and O–H groups in total. The van der Waals surface area contributed by atoms with Gasteiger partial charge in [-0.1, -0.05) is 0 Å². The molecule has 2 aromatic heterocycles. The minimum atomic E-state index is 0.662. The highest BCUT2D eigenvalue weighted by Gasteiger charge is 2.06. The zero-order chi connectivity index (χ0) is 8.55. The predicted octanol–water partition coefficient (Wildman–Crippen LogP) is 1.15. The van der Waals surface area contributed by atoms with Crippen molar-refractivity contribution in [3.05, 3.63) is 18.5 Å². The molecule has 0 unspecified atom stereocenters. The van der Waals surface area contributed by atoms with Crippen LogP contribution in [-0.4, -0.2) is 17.1 Å². The number of hydrogen-bond acceptors (Lipinski definition) is 3. The lowest BCUT2D eigenvalue weighted by molar-refractivity contribution is 0.419. The van der Waals surface area contributed by atoms with Crippen molar-refractivity contribution in [1.29, 1.82) is 0 Å². The average Bonchev–Trinajstić information content (AvgIpc) is 2.48. The van der Waals surface area contributed by atoms with Crippen LogP contribution in [0.5, 0.6) is 5.75 Å².